The summed E-state index contributed by atoms with van der Waals surface area (Å²) in [6.45, 7) is 2.39. The number of hydrogen-bond donors (Lipinski definition) is 0. The van der Waals surface area contributed by atoms with Crippen LogP contribution in [0.25, 0.3) is 6.08 Å². The Hall–Kier alpha value is -2.34. The molecular weight excluding hydrogens is 343 g/mol. The molecule has 6 heteroatoms. The van der Waals surface area contributed by atoms with Crippen molar-refractivity contribution < 1.29 is 22.3 Å². The van der Waals surface area contributed by atoms with Gasteiger partial charge in [0.15, 0.2) is 0 Å². The predicted octanol–water partition coefficient (Wildman–Crippen LogP) is 5.54. The summed E-state index contributed by atoms with van der Waals surface area (Å²) in [6, 6.07) is 0. The fraction of sp³-hybridized carbons (Fsp3) is 0.350. The minimum absolute atomic E-state index is 0.0383. The van der Waals surface area contributed by atoms with Crippen LogP contribution in [0.15, 0.2) is 64.4 Å². The molecular formula is C20H20F3NO2. The summed E-state index contributed by atoms with van der Waals surface area (Å²) in [4.78, 5) is 4.31. The molecule has 0 amide bonds. The maximum Gasteiger partial charge on any atom is 0.416 e. The number of aromatic nitrogens is 1. The Bertz CT molecular complexity index is 781. The fourth-order valence-electron chi connectivity index (χ4n) is 2.69. The number of halogens is 3. The molecule has 0 fully saturated rings. The quantitative estimate of drug-likeness (QED) is 0.689. The van der Waals surface area contributed by atoms with Crippen LogP contribution in [0.3, 0.4) is 0 Å². The van der Waals surface area contributed by atoms with E-state index in [1.807, 2.05) is 19.1 Å². The second-order valence-electron chi connectivity index (χ2n) is 6.34. The van der Waals surface area contributed by atoms with Gasteiger partial charge in [-0.15, -0.1) is 0 Å². The van der Waals surface area contributed by atoms with Crippen molar-refractivity contribution in [2.45, 2.75) is 38.7 Å². The van der Waals surface area contributed by atoms with E-state index in [0.717, 1.165) is 12.5 Å². The molecule has 0 aliphatic heterocycles. The molecule has 0 radical (unpaired) electrons. The zero-order chi connectivity index (χ0) is 18.6. The maximum atomic E-state index is 12.6. The van der Waals surface area contributed by atoms with E-state index in [-0.39, 0.29) is 12.0 Å². The van der Waals surface area contributed by atoms with Crippen LogP contribution in [-0.2, 0) is 11.3 Å². The highest BCUT2D eigenvalue weighted by atomic mass is 19.4. The highest BCUT2D eigenvalue weighted by Crippen LogP contribution is 2.31. The molecule has 3 rings (SSSR count). The first-order valence-electron chi connectivity index (χ1n) is 8.45. The van der Waals surface area contributed by atoms with E-state index in [1.54, 1.807) is 12.2 Å². The van der Waals surface area contributed by atoms with Crippen LogP contribution in [0.5, 0.6) is 0 Å². The molecule has 0 N–H and O–H groups in total. The molecule has 26 heavy (non-hydrogen) atoms. The van der Waals surface area contributed by atoms with Gasteiger partial charge < -0.3 is 9.15 Å². The van der Waals surface area contributed by atoms with Gasteiger partial charge in [0.05, 0.1) is 18.3 Å². The SMILES string of the molecule is CC1=CCC(OCc2coc(/C=C/C3C=CC(C(F)(F)F)=CC3)n2)C=C1. The molecule has 0 aromatic carbocycles. The van der Waals surface area contributed by atoms with Crippen LogP contribution >= 0.6 is 0 Å². The topological polar surface area (TPSA) is 35.3 Å². The van der Waals surface area contributed by atoms with E-state index in [4.69, 9.17) is 9.15 Å². The average Bonchev–Trinajstić information content (AvgIpc) is 3.07. The van der Waals surface area contributed by atoms with Gasteiger partial charge >= 0.3 is 6.18 Å². The average molecular weight is 363 g/mol. The normalized spacial score (nSPS) is 23.4. The summed E-state index contributed by atoms with van der Waals surface area (Å²) < 4.78 is 48.8. The lowest BCUT2D eigenvalue weighted by Crippen LogP contribution is -2.12. The van der Waals surface area contributed by atoms with Crippen molar-refractivity contribution >= 4 is 6.08 Å². The zero-order valence-electron chi connectivity index (χ0n) is 14.4. The fourth-order valence-corrected chi connectivity index (χ4v) is 2.69. The van der Waals surface area contributed by atoms with Crippen LogP contribution in [-0.4, -0.2) is 17.3 Å². The second kappa shape index (κ2) is 7.91. The third-order valence-corrected chi connectivity index (χ3v) is 4.21. The van der Waals surface area contributed by atoms with Crippen LogP contribution in [0, 0.1) is 5.92 Å². The van der Waals surface area contributed by atoms with Crippen LogP contribution < -0.4 is 0 Å². The molecule has 0 saturated heterocycles. The minimum atomic E-state index is -4.29. The van der Waals surface area contributed by atoms with Crippen molar-refractivity contribution in [3.8, 4) is 0 Å². The van der Waals surface area contributed by atoms with E-state index in [0.29, 0.717) is 24.6 Å². The van der Waals surface area contributed by atoms with Gasteiger partial charge in [0.1, 0.15) is 12.0 Å². The van der Waals surface area contributed by atoms with E-state index in [1.165, 1.54) is 24.0 Å². The van der Waals surface area contributed by atoms with Gasteiger partial charge in [-0.3, -0.25) is 0 Å². The Morgan fingerprint density at radius 3 is 2.73 bits per heavy atom. The van der Waals surface area contributed by atoms with E-state index in [2.05, 4.69) is 11.1 Å². The number of nitrogens with zero attached hydrogens (tertiary/aromatic N) is 1. The summed E-state index contributed by atoms with van der Waals surface area (Å²) in [5.74, 6) is 0.313. The largest absolute Gasteiger partial charge is 0.445 e. The first kappa shape index (κ1) is 18.5. The van der Waals surface area contributed by atoms with Crippen molar-refractivity contribution in [3.05, 3.63) is 71.5 Å². The number of allylic oxidation sites excluding steroid dienone is 7. The summed E-state index contributed by atoms with van der Waals surface area (Å²) in [6.07, 6.45) is 11.9. The van der Waals surface area contributed by atoms with Crippen molar-refractivity contribution in [1.82, 2.24) is 4.98 Å². The number of alkyl halides is 3. The summed E-state index contributed by atoms with van der Waals surface area (Å²) in [5.41, 5.74) is 1.31. The molecule has 2 aliphatic carbocycles. The second-order valence-corrected chi connectivity index (χ2v) is 6.34. The van der Waals surface area contributed by atoms with Crippen LogP contribution in [0.4, 0.5) is 13.2 Å². The lowest BCUT2D eigenvalue weighted by molar-refractivity contribution is -0.0886. The molecule has 1 heterocycles. The third kappa shape index (κ3) is 5.08. The van der Waals surface area contributed by atoms with Crippen molar-refractivity contribution in [1.29, 1.82) is 0 Å². The standard InChI is InChI=1S/C20H20F3NO2/c1-14-2-9-18(10-3-14)25-12-17-13-26-19(24-17)11-6-15-4-7-16(8-5-15)20(21,22)23/h2-4,6-9,11,13,15,18H,5,10,12H2,1H3/b11-6+. The smallest absolute Gasteiger partial charge is 0.416 e. The van der Waals surface area contributed by atoms with Gasteiger partial charge in [-0.1, -0.05) is 48.1 Å². The Kier molecular flexibility index (Phi) is 5.61. The number of oxazole rings is 1. The summed E-state index contributed by atoms with van der Waals surface area (Å²) in [7, 11) is 0. The van der Waals surface area contributed by atoms with Crippen LogP contribution in [0.2, 0.25) is 0 Å². The summed E-state index contributed by atoms with van der Waals surface area (Å²) in [5, 5.41) is 0. The zero-order valence-corrected chi connectivity index (χ0v) is 14.4. The van der Waals surface area contributed by atoms with E-state index < -0.39 is 11.7 Å². The monoisotopic (exact) mass is 363 g/mol. The van der Waals surface area contributed by atoms with Gasteiger partial charge in [-0.05, 0) is 31.8 Å². The van der Waals surface area contributed by atoms with E-state index in [9.17, 15) is 13.2 Å². The Morgan fingerprint density at radius 1 is 1.23 bits per heavy atom. The highest BCUT2D eigenvalue weighted by molar-refractivity contribution is 5.41. The first-order valence-corrected chi connectivity index (χ1v) is 8.45. The third-order valence-electron chi connectivity index (χ3n) is 4.21. The molecule has 3 nitrogen and oxygen atoms in total. The molecule has 138 valence electrons. The van der Waals surface area contributed by atoms with Gasteiger partial charge in [0.25, 0.3) is 0 Å². The Balaban J connectivity index is 1.48. The van der Waals surface area contributed by atoms with Crippen molar-refractivity contribution in [3.63, 3.8) is 0 Å². The maximum absolute atomic E-state index is 12.6. The number of hydrogen-bond acceptors (Lipinski definition) is 3. The van der Waals surface area contributed by atoms with Gasteiger partial charge in [-0.25, -0.2) is 4.98 Å². The molecule has 0 spiro atoms. The van der Waals surface area contributed by atoms with Crippen molar-refractivity contribution in [2.24, 2.45) is 5.92 Å². The molecule has 1 aromatic rings. The van der Waals surface area contributed by atoms with E-state index >= 15 is 0 Å². The first-order chi connectivity index (χ1) is 12.4. The molecule has 2 unspecified atom stereocenters. The predicted molar refractivity (Wildman–Crippen MR) is 93.0 cm³/mol. The Morgan fingerprint density at radius 2 is 2.08 bits per heavy atom. The summed E-state index contributed by atoms with van der Waals surface area (Å²) >= 11 is 0. The van der Waals surface area contributed by atoms with Gasteiger partial charge in [-0.2, -0.15) is 13.2 Å². The highest BCUT2D eigenvalue weighted by Gasteiger charge is 2.32. The van der Waals surface area contributed by atoms with Crippen LogP contribution in [0.1, 0.15) is 31.4 Å². The lowest BCUT2D eigenvalue weighted by atomic mass is 9.96. The number of rotatable bonds is 5. The molecule has 0 saturated carbocycles. The van der Waals surface area contributed by atoms with Gasteiger partial charge in [0.2, 0.25) is 5.89 Å². The lowest BCUT2D eigenvalue weighted by Gasteiger charge is -2.14. The Labute approximate surface area is 150 Å². The number of ether oxygens (including phenoxy) is 1. The molecule has 1 aromatic heterocycles. The molecule has 2 atom stereocenters. The van der Waals surface area contributed by atoms with Gasteiger partial charge in [0, 0.05) is 0 Å². The molecule has 0 bridgehead atoms. The van der Waals surface area contributed by atoms with Crippen molar-refractivity contribution in [2.75, 3.05) is 0 Å². The molecule has 2 aliphatic rings. The minimum Gasteiger partial charge on any atom is -0.445 e.